The fraction of sp³-hybridized carbons (Fsp3) is 0.120. The first-order valence-electron chi connectivity index (χ1n) is 9.86. The standard InChI is InChI=1S/C25H19FO6/c1-3-30-20-10-6-7-15(24(20)32-25(28)17-8-4-5-9-19(17)26)13-22-23(27)18-12-11-16(29-2)14-21(18)31-22/h4-14H,3H2,1-2H3/b22-13-. The first kappa shape index (κ1) is 21.1. The van der Waals surface area contributed by atoms with E-state index in [2.05, 4.69) is 0 Å². The summed E-state index contributed by atoms with van der Waals surface area (Å²) < 4.78 is 36.1. The monoisotopic (exact) mass is 434 g/mol. The summed E-state index contributed by atoms with van der Waals surface area (Å²) >= 11 is 0. The largest absolute Gasteiger partial charge is 0.497 e. The van der Waals surface area contributed by atoms with Crippen LogP contribution in [0.4, 0.5) is 4.39 Å². The van der Waals surface area contributed by atoms with Crippen LogP contribution in [0, 0.1) is 5.82 Å². The Morgan fingerprint density at radius 1 is 1.09 bits per heavy atom. The molecule has 0 atom stereocenters. The molecule has 0 aromatic heterocycles. The summed E-state index contributed by atoms with van der Waals surface area (Å²) in [4.78, 5) is 25.4. The maximum Gasteiger partial charge on any atom is 0.346 e. The van der Waals surface area contributed by atoms with Gasteiger partial charge < -0.3 is 18.9 Å². The molecule has 3 aromatic rings. The molecular formula is C25H19FO6. The molecule has 0 spiro atoms. The number of allylic oxidation sites excluding steroid dienone is 1. The average molecular weight is 434 g/mol. The van der Waals surface area contributed by atoms with E-state index in [1.54, 1.807) is 43.3 Å². The quantitative estimate of drug-likeness (QED) is 0.307. The van der Waals surface area contributed by atoms with Crippen molar-refractivity contribution in [1.82, 2.24) is 0 Å². The Hall–Kier alpha value is -4.13. The van der Waals surface area contributed by atoms with Crippen LogP contribution in [-0.4, -0.2) is 25.5 Å². The smallest absolute Gasteiger partial charge is 0.346 e. The summed E-state index contributed by atoms with van der Waals surface area (Å²) in [6, 6.07) is 15.4. The lowest BCUT2D eigenvalue weighted by atomic mass is 10.1. The lowest BCUT2D eigenvalue weighted by Gasteiger charge is -2.13. The zero-order valence-corrected chi connectivity index (χ0v) is 17.4. The van der Waals surface area contributed by atoms with Crippen molar-refractivity contribution in [3.63, 3.8) is 0 Å². The van der Waals surface area contributed by atoms with Gasteiger partial charge in [-0.25, -0.2) is 9.18 Å². The van der Waals surface area contributed by atoms with Gasteiger partial charge in [0.15, 0.2) is 17.3 Å². The molecule has 6 nitrogen and oxygen atoms in total. The van der Waals surface area contributed by atoms with Crippen LogP contribution in [-0.2, 0) is 0 Å². The number of rotatable bonds is 6. The summed E-state index contributed by atoms with van der Waals surface area (Å²) in [5, 5.41) is 0. The van der Waals surface area contributed by atoms with Crippen molar-refractivity contribution in [3.8, 4) is 23.0 Å². The van der Waals surface area contributed by atoms with Crippen LogP contribution < -0.4 is 18.9 Å². The summed E-state index contributed by atoms with van der Waals surface area (Å²) in [7, 11) is 1.52. The number of hydrogen-bond acceptors (Lipinski definition) is 6. The number of esters is 1. The number of methoxy groups -OCH3 is 1. The van der Waals surface area contributed by atoms with E-state index in [0.29, 0.717) is 29.2 Å². The Labute approximate surface area is 183 Å². The molecule has 0 fully saturated rings. The molecule has 1 aliphatic heterocycles. The van der Waals surface area contributed by atoms with Crippen LogP contribution in [0.25, 0.3) is 6.08 Å². The van der Waals surface area contributed by atoms with Crippen LogP contribution in [0.3, 0.4) is 0 Å². The van der Waals surface area contributed by atoms with Gasteiger partial charge in [-0.2, -0.15) is 0 Å². The van der Waals surface area contributed by atoms with Crippen LogP contribution >= 0.6 is 0 Å². The van der Waals surface area contributed by atoms with Gasteiger partial charge in [0.2, 0.25) is 5.78 Å². The third-order valence-electron chi connectivity index (χ3n) is 4.76. The van der Waals surface area contributed by atoms with E-state index in [1.165, 1.54) is 37.5 Å². The van der Waals surface area contributed by atoms with E-state index in [0.717, 1.165) is 0 Å². The number of ketones is 1. The van der Waals surface area contributed by atoms with E-state index in [-0.39, 0.29) is 28.6 Å². The fourth-order valence-corrected chi connectivity index (χ4v) is 3.23. The molecule has 1 heterocycles. The van der Waals surface area contributed by atoms with Gasteiger partial charge in [0.1, 0.15) is 17.3 Å². The van der Waals surface area contributed by atoms with Gasteiger partial charge in [-0.15, -0.1) is 0 Å². The highest BCUT2D eigenvalue weighted by Gasteiger charge is 2.28. The van der Waals surface area contributed by atoms with Crippen molar-refractivity contribution in [1.29, 1.82) is 0 Å². The maximum atomic E-state index is 14.1. The summed E-state index contributed by atoms with van der Waals surface area (Å²) in [6.07, 6.45) is 1.46. The SMILES string of the molecule is CCOc1cccc(/C=C2\Oc3cc(OC)ccc3C2=O)c1OC(=O)c1ccccc1F. The molecule has 7 heteroatoms. The highest BCUT2D eigenvalue weighted by molar-refractivity contribution is 6.14. The van der Waals surface area contributed by atoms with Gasteiger partial charge in [-0.1, -0.05) is 24.3 Å². The minimum absolute atomic E-state index is 0.0464. The number of carbonyl (C=O) groups excluding carboxylic acids is 2. The van der Waals surface area contributed by atoms with Crippen LogP contribution in [0.2, 0.25) is 0 Å². The molecule has 0 saturated carbocycles. The number of ether oxygens (including phenoxy) is 4. The van der Waals surface area contributed by atoms with Gasteiger partial charge in [-0.3, -0.25) is 4.79 Å². The number of hydrogen-bond donors (Lipinski definition) is 0. The molecule has 1 aliphatic rings. The molecule has 0 unspecified atom stereocenters. The normalized spacial score (nSPS) is 13.5. The van der Waals surface area contributed by atoms with E-state index < -0.39 is 11.8 Å². The first-order valence-corrected chi connectivity index (χ1v) is 9.86. The minimum atomic E-state index is -0.887. The topological polar surface area (TPSA) is 71.1 Å². The molecule has 4 rings (SSSR count). The minimum Gasteiger partial charge on any atom is -0.497 e. The van der Waals surface area contributed by atoms with Crippen molar-refractivity contribution in [2.24, 2.45) is 0 Å². The van der Waals surface area contributed by atoms with E-state index in [1.807, 2.05) is 0 Å². The number of Topliss-reactive ketones (excluding diaryl/α,β-unsaturated/α-hetero) is 1. The fourth-order valence-electron chi connectivity index (χ4n) is 3.23. The van der Waals surface area contributed by atoms with Gasteiger partial charge in [0, 0.05) is 11.6 Å². The molecule has 0 N–H and O–H groups in total. The Kier molecular flexibility index (Phi) is 5.89. The first-order chi connectivity index (χ1) is 15.5. The molecule has 0 bridgehead atoms. The molecule has 3 aromatic carbocycles. The predicted octanol–water partition coefficient (Wildman–Crippen LogP) is 5.07. The molecule has 32 heavy (non-hydrogen) atoms. The second kappa shape index (κ2) is 8.93. The van der Waals surface area contributed by atoms with Crippen molar-refractivity contribution < 1.29 is 32.9 Å². The van der Waals surface area contributed by atoms with Gasteiger partial charge in [0.25, 0.3) is 0 Å². The zero-order valence-electron chi connectivity index (χ0n) is 17.4. The second-order valence-electron chi connectivity index (χ2n) is 6.78. The van der Waals surface area contributed by atoms with Gasteiger partial charge in [0.05, 0.1) is 24.8 Å². The lowest BCUT2D eigenvalue weighted by Crippen LogP contribution is -2.12. The molecule has 0 saturated heterocycles. The molecule has 162 valence electrons. The number of benzene rings is 3. The highest BCUT2D eigenvalue weighted by atomic mass is 19.1. The Bertz CT molecular complexity index is 1230. The molecular weight excluding hydrogens is 415 g/mol. The van der Waals surface area contributed by atoms with Gasteiger partial charge in [-0.05, 0) is 43.3 Å². The maximum absolute atomic E-state index is 14.1. The summed E-state index contributed by atoms with van der Waals surface area (Å²) in [6.45, 7) is 2.09. The lowest BCUT2D eigenvalue weighted by molar-refractivity contribution is 0.0723. The number of halogens is 1. The van der Waals surface area contributed by atoms with Crippen molar-refractivity contribution in [3.05, 3.63) is 88.9 Å². The van der Waals surface area contributed by atoms with E-state index in [9.17, 15) is 14.0 Å². The Morgan fingerprint density at radius 3 is 2.66 bits per heavy atom. The van der Waals surface area contributed by atoms with Crippen LogP contribution in [0.5, 0.6) is 23.0 Å². The van der Waals surface area contributed by atoms with Crippen LogP contribution in [0.1, 0.15) is 33.2 Å². The van der Waals surface area contributed by atoms with Crippen LogP contribution in [0.15, 0.2) is 66.4 Å². The summed E-state index contributed by atoms with van der Waals surface area (Å²) in [5.41, 5.74) is 0.539. The third kappa shape index (κ3) is 4.05. The number of fused-ring (bicyclic) bond motifs is 1. The molecule has 0 aliphatic carbocycles. The highest BCUT2D eigenvalue weighted by Crippen LogP contribution is 2.38. The van der Waals surface area contributed by atoms with Crippen molar-refractivity contribution in [2.45, 2.75) is 6.92 Å². The third-order valence-corrected chi connectivity index (χ3v) is 4.76. The summed E-state index contributed by atoms with van der Waals surface area (Å²) in [5.74, 6) is -0.620. The predicted molar refractivity (Wildman–Crippen MR) is 115 cm³/mol. The molecule has 0 radical (unpaired) electrons. The zero-order chi connectivity index (χ0) is 22.7. The second-order valence-corrected chi connectivity index (χ2v) is 6.78. The molecule has 0 amide bonds. The number of para-hydroxylation sites is 1. The van der Waals surface area contributed by atoms with E-state index >= 15 is 0 Å². The Balaban J connectivity index is 1.72. The van der Waals surface area contributed by atoms with Gasteiger partial charge >= 0.3 is 5.97 Å². The number of carbonyl (C=O) groups is 2. The van der Waals surface area contributed by atoms with Crippen molar-refractivity contribution >= 4 is 17.8 Å². The average Bonchev–Trinajstić information content (AvgIpc) is 3.10. The van der Waals surface area contributed by atoms with E-state index in [4.69, 9.17) is 18.9 Å². The Morgan fingerprint density at radius 2 is 1.91 bits per heavy atom. The van der Waals surface area contributed by atoms with Crippen molar-refractivity contribution in [2.75, 3.05) is 13.7 Å².